The van der Waals surface area contributed by atoms with Gasteiger partial charge in [-0.25, -0.2) is 8.42 Å². The molecular formula is C21H25ClN2O4S. The number of nitrogens with one attached hydrogen (secondary N) is 1. The van der Waals surface area contributed by atoms with E-state index in [0.717, 1.165) is 5.56 Å². The van der Waals surface area contributed by atoms with Gasteiger partial charge in [-0.1, -0.05) is 23.7 Å². The Kier molecular flexibility index (Phi) is 6.51. The van der Waals surface area contributed by atoms with Gasteiger partial charge in [0.25, 0.3) is 0 Å². The first-order valence-corrected chi connectivity index (χ1v) is 11.3. The standard InChI is InChI=1S/C21H25ClN2O4S/c1-14-6-7-15(2)20(11-14)29(26,27)24-10-4-5-16(13-24)21(25)23-17-8-9-19(28-3)18(22)12-17/h6-9,11-12,16H,4-5,10,13H2,1-3H3,(H,23,25). The maximum atomic E-state index is 13.2. The first-order chi connectivity index (χ1) is 13.7. The van der Waals surface area contributed by atoms with E-state index in [-0.39, 0.29) is 12.5 Å². The summed E-state index contributed by atoms with van der Waals surface area (Å²) in [5.74, 6) is -0.121. The SMILES string of the molecule is COc1ccc(NC(=O)C2CCCN(S(=O)(=O)c3cc(C)ccc3C)C2)cc1Cl. The van der Waals surface area contributed by atoms with Crippen molar-refractivity contribution in [2.24, 2.45) is 5.92 Å². The van der Waals surface area contributed by atoms with Gasteiger partial charge in [-0.2, -0.15) is 4.31 Å². The van der Waals surface area contributed by atoms with Crippen molar-refractivity contribution >= 4 is 33.2 Å². The molecule has 0 aromatic heterocycles. The molecule has 0 radical (unpaired) electrons. The van der Waals surface area contributed by atoms with Crippen LogP contribution in [0.3, 0.4) is 0 Å². The van der Waals surface area contributed by atoms with Gasteiger partial charge in [0.2, 0.25) is 15.9 Å². The van der Waals surface area contributed by atoms with Crippen LogP contribution in [0.4, 0.5) is 5.69 Å². The van der Waals surface area contributed by atoms with Crippen molar-refractivity contribution < 1.29 is 17.9 Å². The van der Waals surface area contributed by atoms with Crippen LogP contribution in [-0.4, -0.2) is 38.8 Å². The molecule has 1 saturated heterocycles. The zero-order valence-electron chi connectivity index (χ0n) is 16.7. The molecule has 1 aliphatic heterocycles. The van der Waals surface area contributed by atoms with Crippen LogP contribution in [0, 0.1) is 19.8 Å². The molecule has 2 aromatic rings. The largest absolute Gasteiger partial charge is 0.495 e. The minimum Gasteiger partial charge on any atom is -0.495 e. The van der Waals surface area contributed by atoms with Crippen LogP contribution in [0.1, 0.15) is 24.0 Å². The molecule has 1 atom stereocenters. The summed E-state index contributed by atoms with van der Waals surface area (Å²) in [6.07, 6.45) is 1.26. The highest BCUT2D eigenvalue weighted by atomic mass is 35.5. The van der Waals surface area contributed by atoms with Crippen molar-refractivity contribution in [3.8, 4) is 5.75 Å². The van der Waals surface area contributed by atoms with E-state index in [2.05, 4.69) is 5.32 Å². The van der Waals surface area contributed by atoms with Crippen LogP contribution in [0.2, 0.25) is 5.02 Å². The molecule has 156 valence electrons. The van der Waals surface area contributed by atoms with Crippen LogP contribution in [0.25, 0.3) is 0 Å². The van der Waals surface area contributed by atoms with E-state index in [4.69, 9.17) is 16.3 Å². The maximum absolute atomic E-state index is 13.2. The summed E-state index contributed by atoms with van der Waals surface area (Å²) < 4.78 is 32.9. The topological polar surface area (TPSA) is 75.7 Å². The average molecular weight is 437 g/mol. The average Bonchev–Trinajstić information content (AvgIpc) is 2.70. The lowest BCUT2D eigenvalue weighted by molar-refractivity contribution is -0.120. The Morgan fingerprint density at radius 1 is 1.21 bits per heavy atom. The number of hydrogen-bond donors (Lipinski definition) is 1. The molecule has 29 heavy (non-hydrogen) atoms. The van der Waals surface area contributed by atoms with Gasteiger partial charge in [-0.3, -0.25) is 4.79 Å². The lowest BCUT2D eigenvalue weighted by Crippen LogP contribution is -2.43. The van der Waals surface area contributed by atoms with E-state index in [1.807, 2.05) is 19.1 Å². The Morgan fingerprint density at radius 3 is 2.66 bits per heavy atom. The summed E-state index contributed by atoms with van der Waals surface area (Å²) in [5.41, 5.74) is 2.14. The van der Waals surface area contributed by atoms with Crippen LogP contribution < -0.4 is 10.1 Å². The number of rotatable bonds is 5. The summed E-state index contributed by atoms with van der Waals surface area (Å²) in [4.78, 5) is 13.1. The van der Waals surface area contributed by atoms with Crippen LogP contribution in [0.15, 0.2) is 41.3 Å². The quantitative estimate of drug-likeness (QED) is 0.768. The molecule has 2 aromatic carbocycles. The number of benzene rings is 2. The zero-order chi connectivity index (χ0) is 21.2. The minimum atomic E-state index is -3.65. The minimum absolute atomic E-state index is 0.158. The van der Waals surface area contributed by atoms with Gasteiger partial charge < -0.3 is 10.1 Å². The fourth-order valence-electron chi connectivity index (χ4n) is 3.49. The number of amides is 1. The maximum Gasteiger partial charge on any atom is 0.243 e. The van der Waals surface area contributed by atoms with Crippen LogP contribution in [0.5, 0.6) is 5.75 Å². The molecule has 1 heterocycles. The number of carbonyl (C=O) groups is 1. The Balaban J connectivity index is 1.75. The van der Waals surface area contributed by atoms with Gasteiger partial charge in [0, 0.05) is 18.8 Å². The van der Waals surface area contributed by atoms with Crippen molar-refractivity contribution in [2.45, 2.75) is 31.6 Å². The molecule has 1 unspecified atom stereocenters. The predicted octanol–water partition coefficient (Wildman–Crippen LogP) is 4.00. The lowest BCUT2D eigenvalue weighted by atomic mass is 9.98. The third kappa shape index (κ3) is 4.74. The molecular weight excluding hydrogens is 412 g/mol. The van der Waals surface area contributed by atoms with Gasteiger partial charge in [-0.15, -0.1) is 0 Å². The van der Waals surface area contributed by atoms with E-state index in [9.17, 15) is 13.2 Å². The highest BCUT2D eigenvalue weighted by Crippen LogP contribution is 2.29. The Morgan fingerprint density at radius 2 is 1.97 bits per heavy atom. The van der Waals surface area contributed by atoms with Gasteiger partial charge in [0.15, 0.2) is 0 Å². The molecule has 0 bridgehead atoms. The number of carbonyl (C=O) groups excluding carboxylic acids is 1. The second kappa shape index (κ2) is 8.73. The summed E-state index contributed by atoms with van der Waals surface area (Å²) in [6, 6.07) is 10.4. The summed E-state index contributed by atoms with van der Waals surface area (Å²) >= 11 is 6.11. The highest BCUT2D eigenvalue weighted by Gasteiger charge is 2.34. The third-order valence-corrected chi connectivity index (χ3v) is 7.44. The first-order valence-electron chi connectivity index (χ1n) is 9.44. The second-order valence-electron chi connectivity index (χ2n) is 7.31. The third-order valence-electron chi connectivity index (χ3n) is 5.14. The predicted molar refractivity (Wildman–Crippen MR) is 114 cm³/mol. The van der Waals surface area contributed by atoms with Crippen molar-refractivity contribution in [2.75, 3.05) is 25.5 Å². The zero-order valence-corrected chi connectivity index (χ0v) is 18.3. The first kappa shape index (κ1) is 21.6. The van der Waals surface area contributed by atoms with E-state index < -0.39 is 15.9 Å². The Labute approximate surface area is 176 Å². The number of methoxy groups -OCH3 is 1. The van der Waals surface area contributed by atoms with Gasteiger partial charge in [-0.05, 0) is 62.1 Å². The Bertz CT molecular complexity index is 1020. The van der Waals surface area contributed by atoms with Crippen LogP contribution >= 0.6 is 11.6 Å². The number of anilines is 1. The second-order valence-corrected chi connectivity index (χ2v) is 9.62. The van der Waals surface area contributed by atoms with Gasteiger partial charge in [0.1, 0.15) is 5.75 Å². The van der Waals surface area contributed by atoms with E-state index >= 15 is 0 Å². The number of halogens is 1. The normalized spacial score (nSPS) is 17.7. The highest BCUT2D eigenvalue weighted by molar-refractivity contribution is 7.89. The molecule has 0 spiro atoms. The van der Waals surface area contributed by atoms with Crippen molar-refractivity contribution in [1.82, 2.24) is 4.31 Å². The molecule has 1 fully saturated rings. The fourth-order valence-corrected chi connectivity index (χ4v) is 5.58. The molecule has 1 amide bonds. The van der Waals surface area contributed by atoms with Crippen molar-refractivity contribution in [3.63, 3.8) is 0 Å². The molecule has 0 aliphatic carbocycles. The van der Waals surface area contributed by atoms with Gasteiger partial charge >= 0.3 is 0 Å². The molecule has 3 rings (SSSR count). The number of piperidine rings is 1. The van der Waals surface area contributed by atoms with E-state index in [0.29, 0.717) is 46.3 Å². The molecule has 8 heteroatoms. The smallest absolute Gasteiger partial charge is 0.243 e. The van der Waals surface area contributed by atoms with Crippen molar-refractivity contribution in [1.29, 1.82) is 0 Å². The van der Waals surface area contributed by atoms with E-state index in [1.54, 1.807) is 31.2 Å². The lowest BCUT2D eigenvalue weighted by Gasteiger charge is -2.31. The fraction of sp³-hybridized carbons (Fsp3) is 0.381. The monoisotopic (exact) mass is 436 g/mol. The number of hydrogen-bond acceptors (Lipinski definition) is 4. The molecule has 6 nitrogen and oxygen atoms in total. The molecule has 1 aliphatic rings. The Hall–Kier alpha value is -2.09. The van der Waals surface area contributed by atoms with Gasteiger partial charge in [0.05, 0.1) is 22.9 Å². The van der Waals surface area contributed by atoms with E-state index in [1.165, 1.54) is 11.4 Å². The van der Waals surface area contributed by atoms with Crippen LogP contribution in [-0.2, 0) is 14.8 Å². The number of aryl methyl sites for hydroxylation is 2. The summed E-state index contributed by atoms with van der Waals surface area (Å²) in [6.45, 7) is 4.22. The number of ether oxygens (including phenoxy) is 1. The summed E-state index contributed by atoms with van der Waals surface area (Å²) in [5, 5.41) is 3.23. The van der Waals surface area contributed by atoms with Crippen molar-refractivity contribution in [3.05, 3.63) is 52.5 Å². The molecule has 0 saturated carbocycles. The number of nitrogens with zero attached hydrogens (tertiary/aromatic N) is 1. The summed E-state index contributed by atoms with van der Waals surface area (Å²) in [7, 11) is -2.13. The number of sulfonamides is 1. The molecule has 1 N–H and O–H groups in total.